The van der Waals surface area contributed by atoms with Gasteiger partial charge in [-0.3, -0.25) is 5.43 Å². The highest BCUT2D eigenvalue weighted by Crippen LogP contribution is 2.19. The summed E-state index contributed by atoms with van der Waals surface area (Å²) < 4.78 is 0. The molecule has 0 spiro atoms. The first-order valence-electron chi connectivity index (χ1n) is 9.36. The number of benzene rings is 2. The van der Waals surface area contributed by atoms with Crippen molar-refractivity contribution in [3.63, 3.8) is 0 Å². The van der Waals surface area contributed by atoms with E-state index in [0.717, 1.165) is 42.8 Å². The number of hydrogen-bond acceptors (Lipinski definition) is 6. The number of hydrazone groups is 1. The number of nitrogens with zero attached hydrogens (tertiary/aromatic N) is 5. The third-order valence-corrected chi connectivity index (χ3v) is 4.98. The number of fused-ring (bicyclic) bond motifs is 1. The van der Waals surface area contributed by atoms with E-state index < -0.39 is 0 Å². The predicted octanol–water partition coefficient (Wildman–Crippen LogP) is 3.33. The molecule has 1 aliphatic heterocycles. The molecule has 6 nitrogen and oxygen atoms in total. The Morgan fingerprint density at radius 1 is 1.00 bits per heavy atom. The number of hydrogen-bond donors (Lipinski definition) is 1. The van der Waals surface area contributed by atoms with Crippen LogP contribution >= 0.6 is 0 Å². The lowest BCUT2D eigenvalue weighted by molar-refractivity contribution is 0.313. The molecule has 1 aliphatic rings. The molecule has 0 radical (unpaired) electrons. The lowest BCUT2D eigenvalue weighted by Gasteiger charge is -2.34. The van der Waals surface area contributed by atoms with Gasteiger partial charge in [-0.1, -0.05) is 24.3 Å². The van der Waals surface area contributed by atoms with E-state index in [4.69, 9.17) is 0 Å². The number of likely N-dealkylation sites (N-methyl/N-ethyl adjacent to an activating group) is 1. The normalized spacial score (nSPS) is 15.4. The van der Waals surface area contributed by atoms with Gasteiger partial charge in [-0.05, 0) is 43.4 Å². The van der Waals surface area contributed by atoms with Crippen LogP contribution in [0.1, 0.15) is 5.69 Å². The van der Waals surface area contributed by atoms with Crippen molar-refractivity contribution in [1.29, 1.82) is 5.26 Å². The first kappa shape index (κ1) is 18.0. The summed E-state index contributed by atoms with van der Waals surface area (Å²) in [4.78, 5) is 9.26. The van der Waals surface area contributed by atoms with Gasteiger partial charge >= 0.3 is 0 Å². The van der Waals surface area contributed by atoms with Crippen molar-refractivity contribution < 1.29 is 0 Å². The Bertz CT molecular complexity index is 1030. The van der Waals surface area contributed by atoms with Crippen molar-refractivity contribution in [1.82, 2.24) is 9.88 Å². The summed E-state index contributed by atoms with van der Waals surface area (Å²) in [6, 6.07) is 21.9. The van der Waals surface area contributed by atoms with Crippen LogP contribution in [0.3, 0.4) is 0 Å². The molecule has 28 heavy (non-hydrogen) atoms. The molecule has 3 aromatic rings. The van der Waals surface area contributed by atoms with E-state index in [1.807, 2.05) is 48.5 Å². The zero-order valence-electron chi connectivity index (χ0n) is 15.8. The molecule has 0 unspecified atom stereocenters. The Morgan fingerprint density at radius 2 is 1.75 bits per heavy atom. The van der Waals surface area contributed by atoms with Gasteiger partial charge in [0.2, 0.25) is 0 Å². The van der Waals surface area contributed by atoms with Gasteiger partial charge in [0, 0.05) is 37.3 Å². The second-order valence-corrected chi connectivity index (χ2v) is 6.91. The summed E-state index contributed by atoms with van der Waals surface area (Å²) >= 11 is 0. The number of anilines is 2. The van der Waals surface area contributed by atoms with Crippen molar-refractivity contribution in [2.45, 2.75) is 0 Å². The lowest BCUT2D eigenvalue weighted by atomic mass is 10.2. The van der Waals surface area contributed by atoms with Crippen LogP contribution in [-0.2, 0) is 0 Å². The maximum absolute atomic E-state index is 9.49. The maximum atomic E-state index is 9.49. The summed E-state index contributed by atoms with van der Waals surface area (Å²) in [5.74, 6) is 0. The molecule has 1 aromatic heterocycles. The summed E-state index contributed by atoms with van der Waals surface area (Å²) in [5, 5.41) is 14.8. The highest BCUT2D eigenvalue weighted by atomic mass is 15.3. The van der Waals surface area contributed by atoms with Crippen molar-refractivity contribution in [3.05, 3.63) is 66.4 Å². The van der Waals surface area contributed by atoms with E-state index >= 15 is 0 Å². The van der Waals surface area contributed by atoms with Crippen LogP contribution in [-0.4, -0.2) is 48.8 Å². The number of nitriles is 1. The molecule has 0 atom stereocenters. The Labute approximate surface area is 164 Å². The average Bonchev–Trinajstić information content (AvgIpc) is 2.75. The third kappa shape index (κ3) is 3.95. The van der Waals surface area contributed by atoms with Gasteiger partial charge in [-0.15, -0.1) is 0 Å². The van der Waals surface area contributed by atoms with E-state index in [2.05, 4.69) is 50.6 Å². The van der Waals surface area contributed by atoms with Crippen LogP contribution in [0.5, 0.6) is 0 Å². The molecular weight excluding hydrogens is 348 g/mol. The predicted molar refractivity (Wildman–Crippen MR) is 114 cm³/mol. The van der Waals surface area contributed by atoms with E-state index in [0.29, 0.717) is 5.69 Å². The largest absolute Gasteiger partial charge is 0.369 e. The maximum Gasteiger partial charge on any atom is 0.186 e. The number of pyridine rings is 1. The first-order chi connectivity index (χ1) is 13.7. The molecule has 4 rings (SSSR count). The molecule has 0 amide bonds. The molecule has 2 heterocycles. The zero-order chi connectivity index (χ0) is 19.3. The summed E-state index contributed by atoms with van der Waals surface area (Å²) in [6.07, 6.45) is 0. The number of aromatic nitrogens is 1. The molecule has 6 heteroatoms. The zero-order valence-corrected chi connectivity index (χ0v) is 15.8. The molecule has 1 fully saturated rings. The van der Waals surface area contributed by atoms with E-state index in [9.17, 15) is 5.26 Å². The van der Waals surface area contributed by atoms with Crippen LogP contribution in [0.25, 0.3) is 10.9 Å². The summed E-state index contributed by atoms with van der Waals surface area (Å²) in [7, 11) is 2.15. The molecule has 1 N–H and O–H groups in total. The van der Waals surface area contributed by atoms with E-state index in [1.54, 1.807) is 0 Å². The van der Waals surface area contributed by atoms with E-state index in [-0.39, 0.29) is 5.71 Å². The van der Waals surface area contributed by atoms with Gasteiger partial charge in [-0.25, -0.2) is 4.98 Å². The third-order valence-electron chi connectivity index (χ3n) is 4.98. The van der Waals surface area contributed by atoms with Crippen molar-refractivity contribution in [3.8, 4) is 6.07 Å². The molecule has 140 valence electrons. The monoisotopic (exact) mass is 370 g/mol. The minimum atomic E-state index is 0.258. The number of piperazine rings is 1. The molecule has 0 saturated carbocycles. The molecule has 0 bridgehead atoms. The fourth-order valence-electron chi connectivity index (χ4n) is 3.27. The van der Waals surface area contributed by atoms with Gasteiger partial charge in [-0.2, -0.15) is 10.4 Å². The smallest absolute Gasteiger partial charge is 0.186 e. The number of rotatable bonds is 4. The standard InChI is InChI=1S/C22H22N6/c1-27-12-14-28(15-13-27)19-9-7-18(8-10-19)25-26-22(16-23)21-11-6-17-4-2-3-5-20(17)24-21/h2-11,25H,12-15H2,1H3/b26-22+. The second-order valence-electron chi connectivity index (χ2n) is 6.91. The Balaban J connectivity index is 1.48. The molecule has 0 aliphatic carbocycles. The van der Waals surface area contributed by atoms with Gasteiger partial charge < -0.3 is 9.80 Å². The van der Waals surface area contributed by atoms with Crippen LogP contribution in [0.15, 0.2) is 65.8 Å². The quantitative estimate of drug-likeness (QED) is 0.564. The number of para-hydroxylation sites is 1. The van der Waals surface area contributed by atoms with Crippen LogP contribution in [0.2, 0.25) is 0 Å². The highest BCUT2D eigenvalue weighted by Gasteiger charge is 2.14. The molecular formula is C22H22N6. The number of nitrogens with one attached hydrogen (secondary N) is 1. The average molecular weight is 370 g/mol. The van der Waals surface area contributed by atoms with Gasteiger partial charge in [0.05, 0.1) is 11.2 Å². The molecule has 2 aromatic carbocycles. The van der Waals surface area contributed by atoms with Crippen molar-refractivity contribution in [2.24, 2.45) is 5.10 Å². The van der Waals surface area contributed by atoms with Gasteiger partial charge in [0.25, 0.3) is 0 Å². The molecule has 1 saturated heterocycles. The van der Waals surface area contributed by atoms with Crippen molar-refractivity contribution >= 4 is 28.0 Å². The summed E-state index contributed by atoms with van der Waals surface area (Å²) in [6.45, 7) is 4.23. The second kappa shape index (κ2) is 8.07. The van der Waals surface area contributed by atoms with Crippen LogP contribution in [0.4, 0.5) is 11.4 Å². The Morgan fingerprint density at radius 3 is 2.50 bits per heavy atom. The minimum absolute atomic E-state index is 0.258. The fourth-order valence-corrected chi connectivity index (χ4v) is 3.27. The van der Waals surface area contributed by atoms with Crippen LogP contribution in [0, 0.1) is 11.3 Å². The summed E-state index contributed by atoms with van der Waals surface area (Å²) in [5.41, 5.74) is 6.69. The van der Waals surface area contributed by atoms with E-state index in [1.165, 1.54) is 5.69 Å². The van der Waals surface area contributed by atoms with Gasteiger partial charge in [0.1, 0.15) is 11.8 Å². The van der Waals surface area contributed by atoms with Gasteiger partial charge in [0.15, 0.2) is 5.71 Å². The Hall–Kier alpha value is -3.43. The van der Waals surface area contributed by atoms with Crippen molar-refractivity contribution in [2.75, 3.05) is 43.6 Å². The Kier molecular flexibility index (Phi) is 5.18. The minimum Gasteiger partial charge on any atom is -0.369 e. The first-order valence-corrected chi connectivity index (χ1v) is 9.36. The topological polar surface area (TPSA) is 67.5 Å². The SMILES string of the molecule is CN1CCN(c2ccc(N/N=C(\C#N)c3ccc4ccccc4n3)cc2)CC1. The van der Waals surface area contributed by atoms with Crippen LogP contribution < -0.4 is 10.3 Å². The highest BCUT2D eigenvalue weighted by molar-refractivity contribution is 6.11. The lowest BCUT2D eigenvalue weighted by Crippen LogP contribution is -2.44. The fraction of sp³-hybridized carbons (Fsp3) is 0.227.